The molecule has 1 amide bonds. The number of carbonyl (C=O) groups is 1. The van der Waals surface area contributed by atoms with E-state index in [2.05, 4.69) is 15.9 Å². The molecule has 2 aliphatic rings. The molecular weight excluding hydrogens is 454 g/mol. The highest BCUT2D eigenvalue weighted by molar-refractivity contribution is 5.82. The molecule has 2 unspecified atom stereocenters. The van der Waals surface area contributed by atoms with Gasteiger partial charge in [0.25, 0.3) is 5.69 Å². The predicted octanol–water partition coefficient (Wildman–Crippen LogP) is 3.99. The zero-order valence-electron chi connectivity index (χ0n) is 20.1. The number of amides is 1. The Labute approximate surface area is 210 Å². The Hall–Kier alpha value is -4.38. The van der Waals surface area contributed by atoms with Gasteiger partial charge in [-0.25, -0.2) is 0 Å². The lowest BCUT2D eigenvalue weighted by atomic mass is 9.82. The van der Waals surface area contributed by atoms with Gasteiger partial charge in [-0.2, -0.15) is 5.26 Å². The normalized spacial score (nSPS) is 18.6. The zero-order chi connectivity index (χ0) is 25.2. The summed E-state index contributed by atoms with van der Waals surface area (Å²) in [4.78, 5) is 31.1. The number of anilines is 2. The van der Waals surface area contributed by atoms with E-state index in [1.807, 2.05) is 67.7 Å². The summed E-state index contributed by atoms with van der Waals surface area (Å²) in [5.74, 6) is -0.355. The summed E-state index contributed by atoms with van der Waals surface area (Å²) in [7, 11) is 1.81. The fourth-order valence-electron chi connectivity index (χ4n) is 5.49. The van der Waals surface area contributed by atoms with E-state index in [0.717, 1.165) is 22.5 Å². The van der Waals surface area contributed by atoms with Gasteiger partial charge in [0.1, 0.15) is 6.07 Å². The Kier molecular flexibility index (Phi) is 6.30. The van der Waals surface area contributed by atoms with Crippen LogP contribution in [0.25, 0.3) is 0 Å². The number of piperazine rings is 1. The second-order valence-corrected chi connectivity index (χ2v) is 9.40. The highest BCUT2D eigenvalue weighted by Crippen LogP contribution is 2.39. The van der Waals surface area contributed by atoms with Crippen molar-refractivity contribution in [1.82, 2.24) is 4.90 Å². The van der Waals surface area contributed by atoms with Crippen LogP contribution in [0.4, 0.5) is 17.1 Å². The van der Waals surface area contributed by atoms with Gasteiger partial charge in [-0.1, -0.05) is 42.5 Å². The molecule has 5 rings (SSSR count). The minimum atomic E-state index is -0.387. The van der Waals surface area contributed by atoms with E-state index in [0.29, 0.717) is 38.2 Å². The first-order valence-electron chi connectivity index (χ1n) is 12.0. The van der Waals surface area contributed by atoms with Gasteiger partial charge >= 0.3 is 0 Å². The van der Waals surface area contributed by atoms with E-state index >= 15 is 0 Å². The fraction of sp³-hybridized carbons (Fsp3) is 0.286. The van der Waals surface area contributed by atoms with Crippen LogP contribution in [-0.4, -0.2) is 48.5 Å². The molecule has 0 aromatic heterocycles. The Bertz CT molecular complexity index is 1340. The predicted molar refractivity (Wildman–Crippen MR) is 138 cm³/mol. The van der Waals surface area contributed by atoms with Crippen LogP contribution in [-0.2, 0) is 17.8 Å². The van der Waals surface area contributed by atoms with Gasteiger partial charge in [0.05, 0.1) is 28.1 Å². The molecule has 0 saturated carbocycles. The molecule has 2 atom stereocenters. The largest absolute Gasteiger partial charge is 0.367 e. The van der Waals surface area contributed by atoms with Crippen molar-refractivity contribution < 1.29 is 9.72 Å². The number of nitro groups is 1. The summed E-state index contributed by atoms with van der Waals surface area (Å²) in [5.41, 5.74) is 4.36. The van der Waals surface area contributed by atoms with Crippen LogP contribution >= 0.6 is 0 Å². The molecule has 0 aliphatic carbocycles. The van der Waals surface area contributed by atoms with Gasteiger partial charge in [0.2, 0.25) is 5.91 Å². The maximum absolute atomic E-state index is 13.8. The lowest BCUT2D eigenvalue weighted by Gasteiger charge is -2.50. The van der Waals surface area contributed by atoms with Gasteiger partial charge < -0.3 is 14.7 Å². The monoisotopic (exact) mass is 481 g/mol. The summed E-state index contributed by atoms with van der Waals surface area (Å²) >= 11 is 0. The average molecular weight is 482 g/mol. The van der Waals surface area contributed by atoms with Crippen LogP contribution in [0.1, 0.15) is 16.7 Å². The lowest BCUT2D eigenvalue weighted by molar-refractivity contribution is -0.384. The topological polar surface area (TPSA) is 93.7 Å². The maximum Gasteiger partial charge on any atom is 0.269 e. The maximum atomic E-state index is 13.8. The van der Waals surface area contributed by atoms with Crippen LogP contribution in [0, 0.1) is 27.4 Å². The highest BCUT2D eigenvalue weighted by Gasteiger charge is 2.43. The standard InChI is InChI=1S/C28H27N5O3/c1-30(18-20-7-3-2-4-8-20)28(34)24-16-22-15-23(33(35)36)11-12-26(22)32-14-13-31(19-27(24)32)25-10-6-5-9-21(25)17-29/h2-12,15,24,27H,13-14,16,18-19H2,1H3. The second-order valence-electron chi connectivity index (χ2n) is 9.40. The van der Waals surface area contributed by atoms with Crippen LogP contribution in [0.3, 0.4) is 0 Å². The number of nitro benzene ring substituents is 1. The molecule has 36 heavy (non-hydrogen) atoms. The van der Waals surface area contributed by atoms with Crippen molar-refractivity contribution in [1.29, 1.82) is 5.26 Å². The molecular formula is C28H27N5O3. The number of nitrogens with zero attached hydrogens (tertiary/aromatic N) is 5. The molecule has 2 heterocycles. The molecule has 0 bridgehead atoms. The minimum Gasteiger partial charge on any atom is -0.367 e. The molecule has 0 radical (unpaired) electrons. The number of hydrogen-bond donors (Lipinski definition) is 0. The summed E-state index contributed by atoms with van der Waals surface area (Å²) in [6.45, 7) is 2.42. The van der Waals surface area contributed by atoms with E-state index in [-0.39, 0.29) is 28.5 Å². The number of non-ortho nitro benzene ring substituents is 1. The van der Waals surface area contributed by atoms with Crippen LogP contribution in [0.5, 0.6) is 0 Å². The van der Waals surface area contributed by atoms with Crippen LogP contribution in [0.15, 0.2) is 72.8 Å². The number of benzene rings is 3. The molecule has 1 fully saturated rings. The fourth-order valence-corrected chi connectivity index (χ4v) is 5.49. The molecule has 182 valence electrons. The second kappa shape index (κ2) is 9.70. The van der Waals surface area contributed by atoms with Crippen LogP contribution < -0.4 is 9.80 Å². The Morgan fingerprint density at radius 1 is 1.08 bits per heavy atom. The summed E-state index contributed by atoms with van der Waals surface area (Å²) in [6.07, 6.45) is 0.434. The number of hydrogen-bond acceptors (Lipinski definition) is 6. The summed E-state index contributed by atoms with van der Waals surface area (Å²) in [5, 5.41) is 21.1. The Morgan fingerprint density at radius 2 is 1.83 bits per heavy atom. The van der Waals surface area contributed by atoms with Gasteiger partial charge in [-0.3, -0.25) is 14.9 Å². The van der Waals surface area contributed by atoms with E-state index in [9.17, 15) is 20.2 Å². The minimum absolute atomic E-state index is 0.0152. The SMILES string of the molecule is CN(Cc1ccccc1)C(=O)C1Cc2cc([N+](=O)[O-])ccc2N2CCN(c3ccccc3C#N)CC12. The van der Waals surface area contributed by atoms with Gasteiger partial charge in [0, 0.05) is 51.0 Å². The molecule has 0 N–H and O–H groups in total. The summed E-state index contributed by atoms with van der Waals surface area (Å²) < 4.78 is 0. The summed E-state index contributed by atoms with van der Waals surface area (Å²) in [6, 6.07) is 24.5. The van der Waals surface area contributed by atoms with E-state index in [1.54, 1.807) is 11.0 Å². The number of para-hydroxylation sites is 1. The number of rotatable bonds is 5. The molecule has 3 aromatic carbocycles. The molecule has 0 spiro atoms. The van der Waals surface area contributed by atoms with Crippen molar-refractivity contribution in [3.8, 4) is 6.07 Å². The lowest BCUT2D eigenvalue weighted by Crippen LogP contribution is -2.61. The van der Waals surface area contributed by atoms with E-state index in [1.165, 1.54) is 6.07 Å². The smallest absolute Gasteiger partial charge is 0.269 e. The molecule has 8 heteroatoms. The first-order valence-corrected chi connectivity index (χ1v) is 12.0. The first kappa shape index (κ1) is 23.4. The van der Waals surface area contributed by atoms with Crippen LogP contribution in [0.2, 0.25) is 0 Å². The number of carbonyl (C=O) groups excluding carboxylic acids is 1. The van der Waals surface area contributed by atoms with Crippen molar-refractivity contribution in [3.05, 3.63) is 99.6 Å². The van der Waals surface area contributed by atoms with Crippen molar-refractivity contribution in [2.75, 3.05) is 36.5 Å². The third kappa shape index (κ3) is 4.36. The first-order chi connectivity index (χ1) is 17.5. The van der Waals surface area contributed by atoms with Crippen molar-refractivity contribution in [2.24, 2.45) is 5.92 Å². The van der Waals surface area contributed by atoms with Crippen molar-refractivity contribution in [2.45, 2.75) is 19.0 Å². The Balaban J connectivity index is 1.49. The molecule has 3 aromatic rings. The number of fused-ring (bicyclic) bond motifs is 3. The molecule has 1 saturated heterocycles. The van der Waals surface area contributed by atoms with Crippen molar-refractivity contribution >= 4 is 23.0 Å². The van der Waals surface area contributed by atoms with Gasteiger partial charge in [-0.05, 0) is 35.7 Å². The van der Waals surface area contributed by atoms with E-state index < -0.39 is 0 Å². The average Bonchev–Trinajstić information content (AvgIpc) is 2.92. The van der Waals surface area contributed by atoms with Crippen molar-refractivity contribution in [3.63, 3.8) is 0 Å². The third-order valence-corrected chi connectivity index (χ3v) is 7.23. The Morgan fingerprint density at radius 3 is 2.58 bits per heavy atom. The quantitative estimate of drug-likeness (QED) is 0.404. The zero-order valence-corrected chi connectivity index (χ0v) is 20.1. The van der Waals surface area contributed by atoms with Gasteiger partial charge in [0.15, 0.2) is 0 Å². The molecule has 8 nitrogen and oxygen atoms in total. The number of nitriles is 1. The van der Waals surface area contributed by atoms with E-state index in [4.69, 9.17) is 0 Å². The molecule has 2 aliphatic heterocycles. The van der Waals surface area contributed by atoms with Gasteiger partial charge in [-0.15, -0.1) is 0 Å². The highest BCUT2D eigenvalue weighted by atomic mass is 16.6. The third-order valence-electron chi connectivity index (χ3n) is 7.23.